The van der Waals surface area contributed by atoms with E-state index in [1.54, 1.807) is 24.3 Å². The summed E-state index contributed by atoms with van der Waals surface area (Å²) in [5, 5.41) is 9.95. The third kappa shape index (κ3) is 2.42. The largest absolute Gasteiger partial charge is 0.399 e. The predicted octanol–water partition coefficient (Wildman–Crippen LogP) is 2.63. The van der Waals surface area contributed by atoms with Crippen LogP contribution in [-0.2, 0) is 0 Å². The van der Waals surface area contributed by atoms with Gasteiger partial charge in [-0.1, -0.05) is 18.2 Å². The molecule has 3 N–H and O–H groups in total. The highest BCUT2D eigenvalue weighted by atomic mass is 19.1. The van der Waals surface area contributed by atoms with E-state index < -0.39 is 17.7 Å². The summed E-state index contributed by atoms with van der Waals surface area (Å²) in [5.74, 6) is -1.44. The number of hydrogen-bond donors (Lipinski definition) is 2. The van der Waals surface area contributed by atoms with Crippen LogP contribution in [0.4, 0.5) is 14.5 Å². The molecule has 0 saturated heterocycles. The summed E-state index contributed by atoms with van der Waals surface area (Å²) < 4.78 is 26.2. The maximum atomic E-state index is 13.4. The van der Waals surface area contributed by atoms with E-state index in [0.29, 0.717) is 11.3 Å². The van der Waals surface area contributed by atoms with E-state index in [-0.39, 0.29) is 5.56 Å². The Morgan fingerprint density at radius 3 is 2.24 bits per heavy atom. The van der Waals surface area contributed by atoms with Crippen LogP contribution in [0.2, 0.25) is 0 Å². The van der Waals surface area contributed by atoms with Crippen molar-refractivity contribution >= 4 is 5.69 Å². The van der Waals surface area contributed by atoms with Crippen LogP contribution in [0.25, 0.3) is 0 Å². The zero-order valence-electron chi connectivity index (χ0n) is 8.90. The Morgan fingerprint density at radius 1 is 1.00 bits per heavy atom. The molecule has 0 amide bonds. The first-order chi connectivity index (χ1) is 8.08. The highest BCUT2D eigenvalue weighted by Crippen LogP contribution is 2.25. The molecule has 0 fully saturated rings. The quantitative estimate of drug-likeness (QED) is 0.786. The van der Waals surface area contributed by atoms with Crippen LogP contribution in [0.15, 0.2) is 42.5 Å². The molecule has 88 valence electrons. The van der Waals surface area contributed by atoms with Gasteiger partial charge in [-0.15, -0.1) is 0 Å². The summed E-state index contributed by atoms with van der Waals surface area (Å²) in [4.78, 5) is 0. The molecule has 0 radical (unpaired) electrons. The number of rotatable bonds is 2. The average molecular weight is 235 g/mol. The van der Waals surface area contributed by atoms with Crippen molar-refractivity contribution in [1.29, 1.82) is 0 Å². The molecule has 1 unspecified atom stereocenters. The van der Waals surface area contributed by atoms with Crippen LogP contribution in [0.3, 0.4) is 0 Å². The Balaban J connectivity index is 2.36. The molecule has 0 aromatic heterocycles. The Hall–Kier alpha value is -1.94. The smallest absolute Gasteiger partial charge is 0.132 e. The van der Waals surface area contributed by atoms with Crippen molar-refractivity contribution in [1.82, 2.24) is 0 Å². The molecule has 4 heteroatoms. The summed E-state index contributed by atoms with van der Waals surface area (Å²) in [6.07, 6.45) is -1.13. The van der Waals surface area contributed by atoms with Gasteiger partial charge in [0, 0.05) is 17.3 Å². The van der Waals surface area contributed by atoms with Gasteiger partial charge in [-0.3, -0.25) is 0 Å². The molecule has 0 spiro atoms. The van der Waals surface area contributed by atoms with Gasteiger partial charge in [0.1, 0.15) is 17.7 Å². The van der Waals surface area contributed by atoms with Crippen LogP contribution in [0.1, 0.15) is 17.2 Å². The Morgan fingerprint density at radius 2 is 1.65 bits per heavy atom. The molecule has 17 heavy (non-hydrogen) atoms. The molecule has 2 nitrogen and oxygen atoms in total. The topological polar surface area (TPSA) is 46.2 Å². The van der Waals surface area contributed by atoms with Crippen LogP contribution in [0.5, 0.6) is 0 Å². The molecule has 0 aliphatic carbocycles. The first-order valence-electron chi connectivity index (χ1n) is 5.06. The Labute approximate surface area is 97.3 Å². The number of anilines is 1. The van der Waals surface area contributed by atoms with Crippen molar-refractivity contribution in [3.63, 3.8) is 0 Å². The van der Waals surface area contributed by atoms with Gasteiger partial charge in [0.2, 0.25) is 0 Å². The number of halogens is 2. The van der Waals surface area contributed by atoms with Gasteiger partial charge in [-0.2, -0.15) is 0 Å². The van der Waals surface area contributed by atoms with Crippen LogP contribution in [0, 0.1) is 11.6 Å². The van der Waals surface area contributed by atoms with Crippen LogP contribution < -0.4 is 5.73 Å². The van der Waals surface area contributed by atoms with Crippen LogP contribution in [-0.4, -0.2) is 5.11 Å². The minimum atomic E-state index is -1.13. The second-order valence-corrected chi connectivity index (χ2v) is 3.74. The van der Waals surface area contributed by atoms with Crippen molar-refractivity contribution in [3.05, 3.63) is 65.2 Å². The third-order valence-corrected chi connectivity index (χ3v) is 2.51. The zero-order valence-corrected chi connectivity index (χ0v) is 8.90. The van der Waals surface area contributed by atoms with Gasteiger partial charge in [0.15, 0.2) is 0 Å². The van der Waals surface area contributed by atoms with Crippen LogP contribution >= 0.6 is 0 Å². The Bertz CT molecular complexity index is 525. The minimum Gasteiger partial charge on any atom is -0.399 e. The first-order valence-corrected chi connectivity index (χ1v) is 5.06. The van der Waals surface area contributed by atoms with Gasteiger partial charge in [-0.05, 0) is 23.8 Å². The van der Waals surface area contributed by atoms with E-state index in [9.17, 15) is 13.9 Å². The summed E-state index contributed by atoms with van der Waals surface area (Å²) in [6, 6.07) is 9.51. The lowest BCUT2D eigenvalue weighted by molar-refractivity contribution is 0.214. The maximum Gasteiger partial charge on any atom is 0.132 e. The standard InChI is InChI=1S/C13H11F2NO/c14-9-3-6-11(12(15)7-9)13(17)8-1-4-10(16)5-2-8/h1-7,13,17H,16H2. The second kappa shape index (κ2) is 4.51. The molecule has 0 aliphatic rings. The van der Waals surface area contributed by atoms with Gasteiger partial charge in [0.05, 0.1) is 0 Å². The van der Waals surface area contributed by atoms with E-state index in [2.05, 4.69) is 0 Å². The molecule has 2 aromatic rings. The fourth-order valence-electron chi connectivity index (χ4n) is 1.58. The van der Waals surface area contributed by atoms with Crippen molar-refractivity contribution in [3.8, 4) is 0 Å². The van der Waals surface area contributed by atoms with Crippen molar-refractivity contribution < 1.29 is 13.9 Å². The molecule has 0 saturated carbocycles. The number of nitrogen functional groups attached to an aromatic ring is 1. The molecule has 0 heterocycles. The molecule has 2 aromatic carbocycles. The summed E-state index contributed by atoms with van der Waals surface area (Å²) in [6.45, 7) is 0. The predicted molar refractivity (Wildman–Crippen MR) is 61.3 cm³/mol. The van der Waals surface area contributed by atoms with E-state index in [1.165, 1.54) is 6.07 Å². The number of aliphatic hydroxyl groups is 1. The van der Waals surface area contributed by atoms with Crippen molar-refractivity contribution in [2.75, 3.05) is 5.73 Å². The number of aliphatic hydroxyl groups excluding tert-OH is 1. The summed E-state index contributed by atoms with van der Waals surface area (Å²) >= 11 is 0. The average Bonchev–Trinajstić information content (AvgIpc) is 2.29. The van der Waals surface area contributed by atoms with Gasteiger partial charge < -0.3 is 10.8 Å². The van der Waals surface area contributed by atoms with Gasteiger partial charge in [-0.25, -0.2) is 8.78 Å². The van der Waals surface area contributed by atoms with E-state index in [0.717, 1.165) is 12.1 Å². The highest BCUT2D eigenvalue weighted by Gasteiger charge is 2.15. The first kappa shape index (κ1) is 11.5. The number of nitrogens with two attached hydrogens (primary N) is 1. The monoisotopic (exact) mass is 235 g/mol. The van der Waals surface area contributed by atoms with Gasteiger partial charge in [0.25, 0.3) is 0 Å². The molecule has 0 bridgehead atoms. The fourth-order valence-corrected chi connectivity index (χ4v) is 1.58. The minimum absolute atomic E-state index is 0.0381. The normalized spacial score (nSPS) is 12.4. The molecule has 0 aliphatic heterocycles. The van der Waals surface area contributed by atoms with E-state index >= 15 is 0 Å². The summed E-state index contributed by atoms with van der Waals surface area (Å²) in [7, 11) is 0. The molecule has 1 atom stereocenters. The SMILES string of the molecule is Nc1ccc(C(O)c2ccc(F)cc2F)cc1. The highest BCUT2D eigenvalue weighted by molar-refractivity contribution is 5.41. The number of hydrogen-bond acceptors (Lipinski definition) is 2. The molecular formula is C13H11F2NO. The fraction of sp³-hybridized carbons (Fsp3) is 0.0769. The lowest BCUT2D eigenvalue weighted by atomic mass is 10.0. The lowest BCUT2D eigenvalue weighted by Crippen LogP contribution is -2.03. The zero-order chi connectivity index (χ0) is 12.4. The molecule has 2 rings (SSSR count). The van der Waals surface area contributed by atoms with E-state index in [4.69, 9.17) is 5.73 Å². The molecular weight excluding hydrogens is 224 g/mol. The van der Waals surface area contributed by atoms with Crippen molar-refractivity contribution in [2.45, 2.75) is 6.10 Å². The third-order valence-electron chi connectivity index (χ3n) is 2.51. The second-order valence-electron chi connectivity index (χ2n) is 3.74. The maximum absolute atomic E-state index is 13.4. The lowest BCUT2D eigenvalue weighted by Gasteiger charge is -2.12. The summed E-state index contributed by atoms with van der Waals surface area (Å²) in [5.41, 5.74) is 6.61. The van der Waals surface area contributed by atoms with E-state index in [1.807, 2.05) is 0 Å². The van der Waals surface area contributed by atoms with Gasteiger partial charge >= 0.3 is 0 Å². The number of benzene rings is 2. The Kier molecular flexibility index (Phi) is 3.06. The van der Waals surface area contributed by atoms with Crippen molar-refractivity contribution in [2.24, 2.45) is 0 Å².